The summed E-state index contributed by atoms with van der Waals surface area (Å²) in [7, 11) is 0. The van der Waals surface area contributed by atoms with Gasteiger partial charge in [-0.25, -0.2) is 9.97 Å². The second kappa shape index (κ2) is 5.24. The molecule has 5 heteroatoms. The molecule has 0 unspecified atom stereocenters. The second-order valence-corrected chi connectivity index (χ2v) is 6.08. The number of nitrogens with zero attached hydrogens (tertiary/aromatic N) is 2. The Labute approximate surface area is 126 Å². The maximum Gasteiger partial charge on any atom is 0.142 e. The van der Waals surface area contributed by atoms with Crippen LogP contribution in [0.15, 0.2) is 34.8 Å². The molecule has 0 amide bonds. The van der Waals surface area contributed by atoms with Crippen LogP contribution < -0.4 is 0 Å². The molecule has 3 rings (SSSR count). The number of ether oxygens (including phenoxy) is 1. The third kappa shape index (κ3) is 2.37. The van der Waals surface area contributed by atoms with Gasteiger partial charge in [-0.15, -0.1) is 0 Å². The zero-order chi connectivity index (χ0) is 14.2. The standard InChI is InChI=1S/C15H15BrN2O2/c1-10-5-13(11-3-2-4-12(16)6-11)18-14(17-10)15(7-19)8-20-9-15/h2-6,19H,7-9H2,1H3. The van der Waals surface area contributed by atoms with Crippen molar-refractivity contribution in [2.75, 3.05) is 19.8 Å². The highest BCUT2D eigenvalue weighted by Gasteiger charge is 2.43. The molecule has 0 saturated carbocycles. The van der Waals surface area contributed by atoms with Crippen LogP contribution in [-0.2, 0) is 10.2 Å². The number of aliphatic hydroxyl groups excluding tert-OH is 1. The van der Waals surface area contributed by atoms with Gasteiger partial charge in [-0.3, -0.25) is 0 Å². The summed E-state index contributed by atoms with van der Waals surface area (Å²) in [6, 6.07) is 9.95. The highest BCUT2D eigenvalue weighted by Crippen LogP contribution is 2.31. The van der Waals surface area contributed by atoms with E-state index in [1.54, 1.807) is 0 Å². The molecule has 0 spiro atoms. The van der Waals surface area contributed by atoms with Gasteiger partial charge in [-0.05, 0) is 25.1 Å². The van der Waals surface area contributed by atoms with E-state index < -0.39 is 5.41 Å². The summed E-state index contributed by atoms with van der Waals surface area (Å²) in [5.41, 5.74) is 2.35. The molecule has 1 aliphatic rings. The van der Waals surface area contributed by atoms with Crippen LogP contribution in [0.3, 0.4) is 0 Å². The summed E-state index contributed by atoms with van der Waals surface area (Å²) in [5, 5.41) is 9.62. The zero-order valence-electron chi connectivity index (χ0n) is 11.1. The minimum Gasteiger partial charge on any atom is -0.395 e. The monoisotopic (exact) mass is 334 g/mol. The molecule has 1 aromatic heterocycles. The number of aryl methyl sites for hydroxylation is 1. The summed E-state index contributed by atoms with van der Waals surface area (Å²) in [5.74, 6) is 0.668. The number of benzene rings is 1. The lowest BCUT2D eigenvalue weighted by Gasteiger charge is -2.38. The highest BCUT2D eigenvalue weighted by atomic mass is 79.9. The van der Waals surface area contributed by atoms with Gasteiger partial charge in [0.15, 0.2) is 0 Å². The van der Waals surface area contributed by atoms with Crippen molar-refractivity contribution in [3.05, 3.63) is 46.3 Å². The normalized spacial score (nSPS) is 16.8. The van der Waals surface area contributed by atoms with Gasteiger partial charge >= 0.3 is 0 Å². The van der Waals surface area contributed by atoms with E-state index >= 15 is 0 Å². The highest BCUT2D eigenvalue weighted by molar-refractivity contribution is 9.10. The fourth-order valence-electron chi connectivity index (χ4n) is 2.24. The molecule has 104 valence electrons. The number of halogens is 1. The summed E-state index contributed by atoms with van der Waals surface area (Å²) in [6.45, 7) is 2.90. The third-order valence-corrected chi connectivity index (χ3v) is 4.00. The van der Waals surface area contributed by atoms with Crippen molar-refractivity contribution < 1.29 is 9.84 Å². The van der Waals surface area contributed by atoms with E-state index in [-0.39, 0.29) is 6.61 Å². The number of hydrogen-bond donors (Lipinski definition) is 1. The van der Waals surface area contributed by atoms with E-state index in [0.29, 0.717) is 19.0 Å². The van der Waals surface area contributed by atoms with Gasteiger partial charge in [0.2, 0.25) is 0 Å². The Morgan fingerprint density at radius 1 is 1.30 bits per heavy atom. The van der Waals surface area contributed by atoms with Gasteiger partial charge in [0.25, 0.3) is 0 Å². The van der Waals surface area contributed by atoms with Crippen molar-refractivity contribution in [1.29, 1.82) is 0 Å². The van der Waals surface area contributed by atoms with Crippen molar-refractivity contribution in [2.45, 2.75) is 12.3 Å². The van der Waals surface area contributed by atoms with Crippen LogP contribution in [0, 0.1) is 6.92 Å². The lowest BCUT2D eigenvalue weighted by molar-refractivity contribution is -0.0884. The average Bonchev–Trinajstić information content (AvgIpc) is 2.37. The molecule has 0 radical (unpaired) electrons. The lowest BCUT2D eigenvalue weighted by Crippen LogP contribution is -2.51. The molecule has 4 nitrogen and oxygen atoms in total. The van der Waals surface area contributed by atoms with E-state index in [9.17, 15) is 5.11 Å². The summed E-state index contributed by atoms with van der Waals surface area (Å²) in [6.07, 6.45) is 0. The van der Waals surface area contributed by atoms with Crippen LogP contribution >= 0.6 is 15.9 Å². The Balaban J connectivity index is 2.07. The van der Waals surface area contributed by atoms with E-state index in [1.807, 2.05) is 37.3 Å². The zero-order valence-corrected chi connectivity index (χ0v) is 12.7. The number of aliphatic hydroxyl groups is 1. The summed E-state index contributed by atoms with van der Waals surface area (Å²) < 4.78 is 6.25. The molecule has 1 N–H and O–H groups in total. The van der Waals surface area contributed by atoms with Crippen LogP contribution in [-0.4, -0.2) is 34.9 Å². The maximum absolute atomic E-state index is 9.62. The molecule has 2 heterocycles. The fourth-order valence-corrected chi connectivity index (χ4v) is 2.64. The van der Waals surface area contributed by atoms with Gasteiger partial charge in [0, 0.05) is 15.7 Å². The van der Waals surface area contributed by atoms with Crippen molar-refractivity contribution >= 4 is 15.9 Å². The van der Waals surface area contributed by atoms with Gasteiger partial charge in [-0.2, -0.15) is 0 Å². The minimum atomic E-state index is -0.438. The molecule has 0 bridgehead atoms. The molecular weight excluding hydrogens is 320 g/mol. The van der Waals surface area contributed by atoms with E-state index in [2.05, 4.69) is 25.9 Å². The van der Waals surface area contributed by atoms with E-state index in [4.69, 9.17) is 4.74 Å². The third-order valence-electron chi connectivity index (χ3n) is 3.51. The Bertz CT molecular complexity index is 636. The summed E-state index contributed by atoms with van der Waals surface area (Å²) >= 11 is 3.47. The minimum absolute atomic E-state index is 0.00831. The predicted molar refractivity (Wildman–Crippen MR) is 79.5 cm³/mol. The quantitative estimate of drug-likeness (QED) is 0.936. The first-order chi connectivity index (χ1) is 9.63. The molecule has 20 heavy (non-hydrogen) atoms. The van der Waals surface area contributed by atoms with Crippen LogP contribution in [0.2, 0.25) is 0 Å². The topological polar surface area (TPSA) is 55.2 Å². The molecular formula is C15H15BrN2O2. The van der Waals surface area contributed by atoms with Gasteiger partial charge < -0.3 is 9.84 Å². The van der Waals surface area contributed by atoms with Crippen molar-refractivity contribution in [3.8, 4) is 11.3 Å². The van der Waals surface area contributed by atoms with Crippen LogP contribution in [0.1, 0.15) is 11.5 Å². The van der Waals surface area contributed by atoms with Crippen molar-refractivity contribution in [3.63, 3.8) is 0 Å². The Morgan fingerprint density at radius 3 is 2.70 bits per heavy atom. The molecule has 1 saturated heterocycles. The predicted octanol–water partition coefficient (Wildman–Crippen LogP) is 2.47. The van der Waals surface area contributed by atoms with E-state index in [0.717, 1.165) is 21.4 Å². The second-order valence-electron chi connectivity index (χ2n) is 5.16. The van der Waals surface area contributed by atoms with Gasteiger partial charge in [0.1, 0.15) is 5.82 Å². The smallest absolute Gasteiger partial charge is 0.142 e. The number of hydrogen-bond acceptors (Lipinski definition) is 4. The Kier molecular flexibility index (Phi) is 3.58. The molecule has 0 aliphatic carbocycles. The van der Waals surface area contributed by atoms with Crippen LogP contribution in [0.4, 0.5) is 0 Å². The largest absolute Gasteiger partial charge is 0.395 e. The first-order valence-electron chi connectivity index (χ1n) is 6.44. The van der Waals surface area contributed by atoms with Crippen molar-refractivity contribution in [2.24, 2.45) is 0 Å². The van der Waals surface area contributed by atoms with Gasteiger partial charge in [0.05, 0.1) is 30.9 Å². The molecule has 1 fully saturated rings. The average molecular weight is 335 g/mol. The Morgan fingerprint density at radius 2 is 2.10 bits per heavy atom. The fraction of sp³-hybridized carbons (Fsp3) is 0.333. The van der Waals surface area contributed by atoms with E-state index in [1.165, 1.54) is 0 Å². The molecule has 1 aliphatic heterocycles. The molecule has 0 atom stereocenters. The summed E-state index contributed by atoms with van der Waals surface area (Å²) in [4.78, 5) is 9.12. The lowest BCUT2D eigenvalue weighted by atomic mass is 9.85. The van der Waals surface area contributed by atoms with Crippen molar-refractivity contribution in [1.82, 2.24) is 9.97 Å². The first-order valence-corrected chi connectivity index (χ1v) is 7.23. The SMILES string of the molecule is Cc1cc(-c2cccc(Br)c2)nc(C2(CO)COC2)n1. The Hall–Kier alpha value is -1.30. The number of aromatic nitrogens is 2. The molecule has 2 aromatic rings. The number of rotatable bonds is 3. The van der Waals surface area contributed by atoms with Crippen LogP contribution in [0.5, 0.6) is 0 Å². The first kappa shape index (κ1) is 13.7. The van der Waals surface area contributed by atoms with Gasteiger partial charge in [-0.1, -0.05) is 28.1 Å². The maximum atomic E-state index is 9.62. The molecule has 1 aromatic carbocycles. The van der Waals surface area contributed by atoms with Crippen LogP contribution in [0.25, 0.3) is 11.3 Å².